The summed E-state index contributed by atoms with van der Waals surface area (Å²) in [6, 6.07) is 24.6. The van der Waals surface area contributed by atoms with Crippen LogP contribution in [0.4, 0.5) is 5.69 Å². The van der Waals surface area contributed by atoms with Crippen LogP contribution in [-0.4, -0.2) is 10.9 Å². The van der Waals surface area contributed by atoms with Crippen molar-refractivity contribution in [3.8, 4) is 11.1 Å². The summed E-state index contributed by atoms with van der Waals surface area (Å²) in [5.41, 5.74) is 4.17. The smallest absolute Gasteiger partial charge is 0.255 e. The first-order valence-corrected chi connectivity index (χ1v) is 8.59. The van der Waals surface area contributed by atoms with Gasteiger partial charge in [-0.1, -0.05) is 41.9 Å². The molecule has 4 aromatic rings. The number of pyridine rings is 1. The number of hydrogen-bond donors (Lipinski definition) is 1. The monoisotopic (exact) mass is 358 g/mol. The van der Waals surface area contributed by atoms with E-state index in [1.165, 1.54) is 0 Å². The van der Waals surface area contributed by atoms with Gasteiger partial charge in [-0.3, -0.25) is 9.78 Å². The molecule has 3 aromatic carbocycles. The molecule has 26 heavy (non-hydrogen) atoms. The summed E-state index contributed by atoms with van der Waals surface area (Å²) in [4.78, 5) is 17.0. The number of halogens is 1. The molecule has 4 rings (SSSR count). The molecule has 0 unspecified atom stereocenters. The zero-order valence-corrected chi connectivity index (χ0v) is 14.6. The average molecular weight is 359 g/mol. The van der Waals surface area contributed by atoms with Crippen LogP contribution < -0.4 is 5.32 Å². The van der Waals surface area contributed by atoms with Crippen molar-refractivity contribution in [1.29, 1.82) is 0 Å². The van der Waals surface area contributed by atoms with Crippen LogP contribution in [0.15, 0.2) is 85.1 Å². The number of fused-ring (bicyclic) bond motifs is 1. The Morgan fingerprint density at radius 3 is 2.50 bits per heavy atom. The number of amides is 1. The van der Waals surface area contributed by atoms with Crippen LogP contribution in [-0.2, 0) is 0 Å². The average Bonchev–Trinajstić information content (AvgIpc) is 2.69. The van der Waals surface area contributed by atoms with Gasteiger partial charge in [-0.2, -0.15) is 0 Å². The van der Waals surface area contributed by atoms with Gasteiger partial charge in [0.05, 0.1) is 5.52 Å². The molecule has 4 heteroatoms. The zero-order chi connectivity index (χ0) is 17.9. The van der Waals surface area contributed by atoms with Crippen molar-refractivity contribution in [3.05, 3.63) is 95.6 Å². The number of hydrogen-bond acceptors (Lipinski definition) is 2. The Kier molecular flexibility index (Phi) is 4.38. The maximum Gasteiger partial charge on any atom is 0.255 e. The number of nitrogens with one attached hydrogen (secondary N) is 1. The van der Waals surface area contributed by atoms with Crippen LogP contribution in [0.3, 0.4) is 0 Å². The highest BCUT2D eigenvalue weighted by Crippen LogP contribution is 2.24. The highest BCUT2D eigenvalue weighted by Gasteiger charge is 2.08. The molecular formula is C22H15ClN2O. The molecule has 3 nitrogen and oxygen atoms in total. The van der Waals surface area contributed by atoms with Gasteiger partial charge in [0.25, 0.3) is 5.91 Å². The SMILES string of the molecule is O=C(Nc1ccc(Cl)cc1)c1cccc(-c2cnc3ccccc3c2)c1. The van der Waals surface area contributed by atoms with Gasteiger partial charge >= 0.3 is 0 Å². The topological polar surface area (TPSA) is 42.0 Å². The number of carbonyl (C=O) groups is 1. The van der Waals surface area contributed by atoms with Crippen molar-refractivity contribution in [2.24, 2.45) is 0 Å². The number of aromatic nitrogens is 1. The van der Waals surface area contributed by atoms with E-state index in [1.54, 1.807) is 30.3 Å². The Bertz CT molecular complexity index is 1090. The van der Waals surface area contributed by atoms with E-state index < -0.39 is 0 Å². The van der Waals surface area contributed by atoms with Gasteiger partial charge in [-0.15, -0.1) is 0 Å². The van der Waals surface area contributed by atoms with Crippen LogP contribution in [0.2, 0.25) is 5.02 Å². The van der Waals surface area contributed by atoms with Crippen molar-refractivity contribution in [1.82, 2.24) is 4.98 Å². The van der Waals surface area contributed by atoms with Gasteiger partial charge < -0.3 is 5.32 Å². The number of anilines is 1. The molecule has 1 amide bonds. The second kappa shape index (κ2) is 6.98. The van der Waals surface area contributed by atoms with E-state index in [0.29, 0.717) is 16.3 Å². The van der Waals surface area contributed by atoms with Crippen LogP contribution >= 0.6 is 11.6 Å². The van der Waals surface area contributed by atoms with E-state index >= 15 is 0 Å². The number of nitrogens with zero attached hydrogens (tertiary/aromatic N) is 1. The molecule has 126 valence electrons. The number of rotatable bonds is 3. The summed E-state index contributed by atoms with van der Waals surface area (Å²) in [5, 5.41) is 4.58. The molecular weight excluding hydrogens is 344 g/mol. The summed E-state index contributed by atoms with van der Waals surface area (Å²) in [7, 11) is 0. The lowest BCUT2D eigenvalue weighted by Gasteiger charge is -2.08. The number of para-hydroxylation sites is 1. The maximum atomic E-state index is 12.5. The molecule has 0 fully saturated rings. The molecule has 0 aliphatic carbocycles. The fourth-order valence-electron chi connectivity index (χ4n) is 2.81. The van der Waals surface area contributed by atoms with Crippen LogP contribution in [0, 0.1) is 0 Å². The number of benzene rings is 3. The minimum absolute atomic E-state index is 0.164. The lowest BCUT2D eigenvalue weighted by molar-refractivity contribution is 0.102. The second-order valence-corrected chi connectivity index (χ2v) is 6.39. The molecule has 1 aromatic heterocycles. The van der Waals surface area contributed by atoms with E-state index in [-0.39, 0.29) is 5.91 Å². The quantitative estimate of drug-likeness (QED) is 0.502. The normalized spacial score (nSPS) is 10.7. The van der Waals surface area contributed by atoms with Gasteiger partial charge in [0.2, 0.25) is 0 Å². The Morgan fingerprint density at radius 2 is 1.65 bits per heavy atom. The minimum atomic E-state index is -0.164. The summed E-state index contributed by atoms with van der Waals surface area (Å²) in [6.45, 7) is 0. The molecule has 0 bridgehead atoms. The van der Waals surface area contributed by atoms with Gasteiger partial charge in [0, 0.05) is 33.4 Å². The summed E-state index contributed by atoms with van der Waals surface area (Å²) >= 11 is 5.88. The molecule has 0 atom stereocenters. The third kappa shape index (κ3) is 3.44. The third-order valence-corrected chi connectivity index (χ3v) is 4.40. The molecule has 0 radical (unpaired) electrons. The Morgan fingerprint density at radius 1 is 0.846 bits per heavy atom. The van der Waals surface area contributed by atoms with Gasteiger partial charge in [-0.05, 0) is 54.1 Å². The first-order chi connectivity index (χ1) is 12.7. The molecule has 1 N–H and O–H groups in total. The Hall–Kier alpha value is -3.17. The highest BCUT2D eigenvalue weighted by atomic mass is 35.5. The summed E-state index contributed by atoms with van der Waals surface area (Å²) in [6.07, 6.45) is 1.83. The lowest BCUT2D eigenvalue weighted by Crippen LogP contribution is -2.11. The van der Waals surface area contributed by atoms with Crippen molar-refractivity contribution in [2.75, 3.05) is 5.32 Å². The largest absolute Gasteiger partial charge is 0.322 e. The van der Waals surface area contributed by atoms with Crippen LogP contribution in [0.5, 0.6) is 0 Å². The highest BCUT2D eigenvalue weighted by molar-refractivity contribution is 6.30. The van der Waals surface area contributed by atoms with E-state index in [9.17, 15) is 4.79 Å². The minimum Gasteiger partial charge on any atom is -0.322 e. The molecule has 0 aliphatic rings. The Labute approximate surface area is 156 Å². The molecule has 0 aliphatic heterocycles. The van der Waals surface area contributed by atoms with Gasteiger partial charge in [0.1, 0.15) is 0 Å². The van der Waals surface area contributed by atoms with Crippen LogP contribution in [0.1, 0.15) is 10.4 Å². The predicted molar refractivity (Wildman–Crippen MR) is 107 cm³/mol. The first-order valence-electron chi connectivity index (χ1n) is 8.21. The standard InChI is InChI=1S/C22H15ClN2O/c23-19-8-10-20(11-9-19)25-22(26)17-6-3-5-15(12-17)18-13-16-4-1-2-7-21(16)24-14-18/h1-14H,(H,25,26). The maximum absolute atomic E-state index is 12.5. The van der Waals surface area contributed by atoms with Crippen molar-refractivity contribution < 1.29 is 4.79 Å². The van der Waals surface area contributed by atoms with Gasteiger partial charge in [0.15, 0.2) is 0 Å². The fourth-order valence-corrected chi connectivity index (χ4v) is 2.93. The summed E-state index contributed by atoms with van der Waals surface area (Å²) < 4.78 is 0. The van der Waals surface area contributed by atoms with E-state index in [2.05, 4.69) is 16.4 Å². The van der Waals surface area contributed by atoms with Crippen LogP contribution in [0.25, 0.3) is 22.0 Å². The Balaban J connectivity index is 1.62. The van der Waals surface area contributed by atoms with Crippen molar-refractivity contribution in [3.63, 3.8) is 0 Å². The first kappa shape index (κ1) is 16.3. The molecule has 0 saturated heterocycles. The predicted octanol–water partition coefficient (Wildman–Crippen LogP) is 5.81. The lowest BCUT2D eigenvalue weighted by atomic mass is 10.0. The number of carbonyl (C=O) groups excluding carboxylic acids is 1. The molecule has 1 heterocycles. The molecule has 0 saturated carbocycles. The van der Waals surface area contributed by atoms with E-state index in [4.69, 9.17) is 11.6 Å². The van der Waals surface area contributed by atoms with Crippen molar-refractivity contribution >= 4 is 34.1 Å². The molecule has 0 spiro atoms. The zero-order valence-electron chi connectivity index (χ0n) is 13.8. The fraction of sp³-hybridized carbons (Fsp3) is 0. The van der Waals surface area contributed by atoms with E-state index in [0.717, 1.165) is 22.0 Å². The third-order valence-electron chi connectivity index (χ3n) is 4.15. The van der Waals surface area contributed by atoms with Crippen molar-refractivity contribution in [2.45, 2.75) is 0 Å². The second-order valence-electron chi connectivity index (χ2n) is 5.96. The van der Waals surface area contributed by atoms with E-state index in [1.807, 2.05) is 48.7 Å². The summed E-state index contributed by atoms with van der Waals surface area (Å²) in [5.74, 6) is -0.164. The van der Waals surface area contributed by atoms with Gasteiger partial charge in [-0.25, -0.2) is 0 Å².